The van der Waals surface area contributed by atoms with Gasteiger partial charge in [0, 0.05) is 5.56 Å². The fourth-order valence-electron chi connectivity index (χ4n) is 3.31. The molecule has 1 aromatic heterocycles. The number of aliphatic hydroxyl groups is 1. The van der Waals surface area contributed by atoms with Crippen molar-refractivity contribution in [1.29, 1.82) is 0 Å². The molecule has 3 aromatic rings. The molecule has 0 saturated carbocycles. The summed E-state index contributed by atoms with van der Waals surface area (Å²) in [5.74, 6) is 1.55. The summed E-state index contributed by atoms with van der Waals surface area (Å²) in [5, 5.41) is 24.2. The molecule has 0 radical (unpaired) electrons. The average Bonchev–Trinajstić information content (AvgIpc) is 3.30. The first-order chi connectivity index (χ1) is 14.6. The largest absolute Gasteiger partial charge is 0.502 e. The minimum atomic E-state index is -0.622. The van der Waals surface area contributed by atoms with Gasteiger partial charge in [0.2, 0.25) is 5.75 Å². The number of aromatic hydroxyl groups is 1. The Morgan fingerprint density at radius 1 is 0.967 bits per heavy atom. The van der Waals surface area contributed by atoms with Gasteiger partial charge < -0.3 is 29.2 Å². The van der Waals surface area contributed by atoms with Gasteiger partial charge in [-0.05, 0) is 52.2 Å². The van der Waals surface area contributed by atoms with E-state index in [0.29, 0.717) is 17.1 Å². The second-order valence-corrected chi connectivity index (χ2v) is 7.53. The standard InChI is InChI=1S/C23H22O6S/c1-26-19-10-16(11-20(27-2)22(19)25)23-21(12-24)28-17-6-5-14(9-18(17)29-23)3-4-15-7-8-30-13-15/h3-11,13,21,23-25H,12H2,1-2H3/b4-3+/t21-,23-/m0/s1. The van der Waals surface area contributed by atoms with Crippen LogP contribution >= 0.6 is 11.3 Å². The van der Waals surface area contributed by atoms with Crippen LogP contribution in [0.1, 0.15) is 22.8 Å². The monoisotopic (exact) mass is 426 g/mol. The van der Waals surface area contributed by atoms with Gasteiger partial charge in [-0.1, -0.05) is 18.2 Å². The molecule has 6 nitrogen and oxygen atoms in total. The summed E-state index contributed by atoms with van der Waals surface area (Å²) < 4.78 is 22.7. The summed E-state index contributed by atoms with van der Waals surface area (Å²) >= 11 is 1.65. The third kappa shape index (κ3) is 3.94. The molecule has 2 heterocycles. The molecule has 156 valence electrons. The first-order valence-corrected chi connectivity index (χ1v) is 10.3. The molecule has 0 spiro atoms. The van der Waals surface area contributed by atoms with Crippen LogP contribution in [0.3, 0.4) is 0 Å². The zero-order valence-electron chi connectivity index (χ0n) is 16.6. The van der Waals surface area contributed by atoms with Crippen molar-refractivity contribution in [2.45, 2.75) is 12.2 Å². The van der Waals surface area contributed by atoms with E-state index >= 15 is 0 Å². The lowest BCUT2D eigenvalue weighted by atomic mass is 10.0. The number of phenolic OH excluding ortho intramolecular Hbond substituents is 1. The van der Waals surface area contributed by atoms with Gasteiger partial charge in [-0.2, -0.15) is 11.3 Å². The molecule has 4 rings (SSSR count). The Morgan fingerprint density at radius 2 is 1.70 bits per heavy atom. The van der Waals surface area contributed by atoms with Crippen molar-refractivity contribution >= 4 is 23.5 Å². The van der Waals surface area contributed by atoms with Crippen molar-refractivity contribution in [2.75, 3.05) is 20.8 Å². The molecule has 0 amide bonds. The number of rotatable bonds is 6. The van der Waals surface area contributed by atoms with Crippen molar-refractivity contribution in [3.05, 3.63) is 63.8 Å². The summed E-state index contributed by atoms with van der Waals surface area (Å²) in [4.78, 5) is 0. The highest BCUT2D eigenvalue weighted by atomic mass is 32.1. The molecule has 0 aliphatic carbocycles. The second kappa shape index (κ2) is 8.69. The van der Waals surface area contributed by atoms with Crippen LogP contribution in [0.4, 0.5) is 0 Å². The fraction of sp³-hybridized carbons (Fsp3) is 0.217. The Kier molecular flexibility index (Phi) is 5.83. The topological polar surface area (TPSA) is 77.4 Å². The molecule has 2 N–H and O–H groups in total. The SMILES string of the molecule is COc1cc([C@@H]2Oc3cc(/C=C/c4ccsc4)ccc3O[C@H]2CO)cc(OC)c1O. The number of hydrogen-bond donors (Lipinski definition) is 2. The molecule has 1 aliphatic rings. The predicted octanol–water partition coefficient (Wildman–Crippen LogP) is 4.51. The van der Waals surface area contributed by atoms with Crippen molar-refractivity contribution in [2.24, 2.45) is 0 Å². The Balaban J connectivity index is 1.67. The van der Waals surface area contributed by atoms with Gasteiger partial charge in [0.15, 0.2) is 35.2 Å². The van der Waals surface area contributed by atoms with E-state index in [1.165, 1.54) is 14.2 Å². The third-order valence-electron chi connectivity index (χ3n) is 4.86. The molecular formula is C23H22O6S. The van der Waals surface area contributed by atoms with Crippen LogP contribution in [0.5, 0.6) is 28.7 Å². The molecule has 7 heteroatoms. The first kappa shape index (κ1) is 20.1. The van der Waals surface area contributed by atoms with Gasteiger partial charge in [0.05, 0.1) is 20.8 Å². The van der Waals surface area contributed by atoms with Gasteiger partial charge >= 0.3 is 0 Å². The summed E-state index contributed by atoms with van der Waals surface area (Å²) in [7, 11) is 2.92. The maximum Gasteiger partial charge on any atom is 0.200 e. The number of phenols is 1. The molecule has 0 unspecified atom stereocenters. The smallest absolute Gasteiger partial charge is 0.200 e. The van der Waals surface area contributed by atoms with Crippen LogP contribution in [0.15, 0.2) is 47.2 Å². The van der Waals surface area contributed by atoms with Crippen LogP contribution in [0.2, 0.25) is 0 Å². The Morgan fingerprint density at radius 3 is 2.33 bits per heavy atom. The van der Waals surface area contributed by atoms with Crippen molar-refractivity contribution in [3.8, 4) is 28.7 Å². The number of methoxy groups -OCH3 is 2. The van der Waals surface area contributed by atoms with E-state index in [9.17, 15) is 10.2 Å². The third-order valence-corrected chi connectivity index (χ3v) is 5.56. The zero-order valence-corrected chi connectivity index (χ0v) is 17.4. The van der Waals surface area contributed by atoms with Crippen LogP contribution < -0.4 is 18.9 Å². The van der Waals surface area contributed by atoms with Gasteiger partial charge in [0.1, 0.15) is 0 Å². The predicted molar refractivity (Wildman–Crippen MR) is 116 cm³/mol. The number of hydrogen-bond acceptors (Lipinski definition) is 7. The highest BCUT2D eigenvalue weighted by Crippen LogP contribution is 2.44. The summed E-state index contributed by atoms with van der Waals surface area (Å²) in [6, 6.07) is 11.0. The van der Waals surface area contributed by atoms with E-state index in [1.807, 2.05) is 41.8 Å². The van der Waals surface area contributed by atoms with E-state index in [2.05, 4.69) is 5.38 Å². The van der Waals surface area contributed by atoms with E-state index in [1.54, 1.807) is 23.5 Å². The van der Waals surface area contributed by atoms with E-state index in [4.69, 9.17) is 18.9 Å². The summed E-state index contributed by atoms with van der Waals surface area (Å²) in [6.07, 6.45) is 2.81. The lowest BCUT2D eigenvalue weighted by molar-refractivity contribution is -0.0124. The van der Waals surface area contributed by atoms with Crippen molar-refractivity contribution in [1.82, 2.24) is 0 Å². The van der Waals surface area contributed by atoms with Crippen molar-refractivity contribution < 1.29 is 29.2 Å². The van der Waals surface area contributed by atoms with Gasteiger partial charge in [-0.25, -0.2) is 0 Å². The molecule has 0 saturated heterocycles. The quantitative estimate of drug-likeness (QED) is 0.604. The minimum absolute atomic E-state index is 0.0951. The van der Waals surface area contributed by atoms with Crippen molar-refractivity contribution in [3.63, 3.8) is 0 Å². The molecule has 0 fully saturated rings. The maximum absolute atomic E-state index is 10.2. The van der Waals surface area contributed by atoms with Crippen LogP contribution in [0, 0.1) is 0 Å². The van der Waals surface area contributed by atoms with Gasteiger partial charge in [0.25, 0.3) is 0 Å². The second-order valence-electron chi connectivity index (χ2n) is 6.75. The number of thiophene rings is 1. The molecule has 2 atom stereocenters. The summed E-state index contributed by atoms with van der Waals surface area (Å²) in [5.41, 5.74) is 2.76. The van der Waals surface area contributed by atoms with Gasteiger partial charge in [-0.15, -0.1) is 0 Å². The van der Waals surface area contributed by atoms with E-state index in [0.717, 1.165) is 11.1 Å². The molecule has 1 aliphatic heterocycles. The number of fused-ring (bicyclic) bond motifs is 1. The average molecular weight is 426 g/mol. The Bertz CT molecular complexity index is 1020. The normalized spacial score (nSPS) is 17.8. The minimum Gasteiger partial charge on any atom is -0.502 e. The lowest BCUT2D eigenvalue weighted by Crippen LogP contribution is -2.36. The molecular weight excluding hydrogens is 404 g/mol. The maximum atomic E-state index is 10.2. The highest BCUT2D eigenvalue weighted by molar-refractivity contribution is 7.08. The Labute approximate surface area is 178 Å². The summed E-state index contributed by atoms with van der Waals surface area (Å²) in [6.45, 7) is -0.241. The Hall–Kier alpha value is -3.16. The zero-order chi connectivity index (χ0) is 21.1. The number of ether oxygens (including phenoxy) is 4. The molecule has 2 aromatic carbocycles. The van der Waals surface area contributed by atoms with Crippen LogP contribution in [-0.2, 0) is 0 Å². The fourth-order valence-corrected chi connectivity index (χ4v) is 3.94. The number of aliphatic hydroxyl groups excluding tert-OH is 1. The number of benzene rings is 2. The first-order valence-electron chi connectivity index (χ1n) is 9.36. The van der Waals surface area contributed by atoms with E-state index in [-0.39, 0.29) is 23.9 Å². The highest BCUT2D eigenvalue weighted by Gasteiger charge is 2.34. The molecule has 30 heavy (non-hydrogen) atoms. The van der Waals surface area contributed by atoms with Crippen LogP contribution in [0.25, 0.3) is 12.2 Å². The van der Waals surface area contributed by atoms with Crippen LogP contribution in [-0.4, -0.2) is 37.1 Å². The lowest BCUT2D eigenvalue weighted by Gasteiger charge is -2.33. The van der Waals surface area contributed by atoms with Gasteiger partial charge in [-0.3, -0.25) is 0 Å². The molecule has 0 bridgehead atoms. The van der Waals surface area contributed by atoms with E-state index < -0.39 is 12.2 Å².